The van der Waals surface area contributed by atoms with Crippen molar-refractivity contribution >= 4 is 11.6 Å². The predicted molar refractivity (Wildman–Crippen MR) is 125 cm³/mol. The van der Waals surface area contributed by atoms with Crippen molar-refractivity contribution in [1.29, 1.82) is 0 Å². The zero-order valence-corrected chi connectivity index (χ0v) is 19.2. The van der Waals surface area contributed by atoms with E-state index in [0.29, 0.717) is 35.6 Å². The van der Waals surface area contributed by atoms with Crippen LogP contribution >= 0.6 is 0 Å². The monoisotopic (exact) mass is 483 g/mol. The van der Waals surface area contributed by atoms with E-state index in [4.69, 9.17) is 9.47 Å². The second-order valence-electron chi connectivity index (χ2n) is 9.14. The first-order valence-electron chi connectivity index (χ1n) is 11.4. The van der Waals surface area contributed by atoms with Gasteiger partial charge in [-0.25, -0.2) is 0 Å². The van der Waals surface area contributed by atoms with Gasteiger partial charge in [0.05, 0.1) is 5.41 Å². The van der Waals surface area contributed by atoms with Crippen molar-refractivity contribution in [2.45, 2.75) is 44.4 Å². The van der Waals surface area contributed by atoms with E-state index in [-0.39, 0.29) is 29.9 Å². The van der Waals surface area contributed by atoms with E-state index in [2.05, 4.69) is 10.1 Å². The first-order valence-corrected chi connectivity index (χ1v) is 11.4. The number of hydrogen-bond donors (Lipinski definition) is 1. The lowest BCUT2D eigenvalue weighted by atomic mass is 9.94. The molecular weight excluding hydrogens is 459 g/mol. The topological polar surface area (TPSA) is 56.8 Å². The molecule has 35 heavy (non-hydrogen) atoms. The van der Waals surface area contributed by atoms with Crippen molar-refractivity contribution in [2.24, 2.45) is 0 Å². The van der Waals surface area contributed by atoms with Gasteiger partial charge in [-0.1, -0.05) is 44.2 Å². The quantitative estimate of drug-likeness (QED) is 0.420. The highest BCUT2D eigenvalue weighted by Gasteiger charge is 2.51. The standard InChI is InChI=1S/C27H24F3NO4/c1-16(2)17-3-5-18(6-4-17)21-14-20(8-10-22(21)35-27(28,29)30)31-25(32)26(11-12-26)19-7-9-23-24(13-19)34-15-33-23/h3-10,13-14,16H,11-12,15H2,1-2H3,(H,31,32). The van der Waals surface area contributed by atoms with Gasteiger partial charge in [0.25, 0.3) is 0 Å². The summed E-state index contributed by atoms with van der Waals surface area (Å²) in [5.74, 6) is 0.971. The molecule has 1 heterocycles. The van der Waals surface area contributed by atoms with Gasteiger partial charge < -0.3 is 19.5 Å². The highest BCUT2D eigenvalue weighted by molar-refractivity contribution is 6.02. The minimum atomic E-state index is -4.84. The molecule has 1 fully saturated rings. The molecule has 8 heteroatoms. The zero-order valence-electron chi connectivity index (χ0n) is 19.2. The Labute approximate surface area is 200 Å². The van der Waals surface area contributed by atoms with Crippen LogP contribution in [0.2, 0.25) is 0 Å². The van der Waals surface area contributed by atoms with Crippen LogP contribution in [0.5, 0.6) is 17.2 Å². The first kappa shape index (κ1) is 23.1. The van der Waals surface area contributed by atoms with Crippen LogP contribution in [0.25, 0.3) is 11.1 Å². The molecule has 0 saturated heterocycles. The van der Waals surface area contributed by atoms with Crippen molar-refractivity contribution in [1.82, 2.24) is 0 Å². The number of carbonyl (C=O) groups excluding carboxylic acids is 1. The summed E-state index contributed by atoms with van der Waals surface area (Å²) >= 11 is 0. The molecular formula is C27H24F3NO4. The van der Waals surface area contributed by atoms with Crippen molar-refractivity contribution in [3.8, 4) is 28.4 Å². The molecule has 1 aliphatic heterocycles. The molecule has 0 radical (unpaired) electrons. The summed E-state index contributed by atoms with van der Waals surface area (Å²) < 4.78 is 54.2. The molecule has 182 valence electrons. The van der Waals surface area contributed by atoms with E-state index in [9.17, 15) is 18.0 Å². The Hall–Kier alpha value is -3.68. The lowest BCUT2D eigenvalue weighted by Gasteiger charge is -2.19. The molecule has 1 saturated carbocycles. The van der Waals surface area contributed by atoms with Gasteiger partial charge in [0, 0.05) is 11.3 Å². The Morgan fingerprint density at radius 3 is 2.34 bits per heavy atom. The van der Waals surface area contributed by atoms with Crippen LogP contribution < -0.4 is 19.5 Å². The summed E-state index contributed by atoms with van der Waals surface area (Å²) in [6, 6.07) is 16.9. The fourth-order valence-electron chi connectivity index (χ4n) is 4.31. The number of benzene rings is 3. The number of hydrogen-bond acceptors (Lipinski definition) is 4. The van der Waals surface area contributed by atoms with Gasteiger partial charge in [-0.15, -0.1) is 13.2 Å². The number of amides is 1. The molecule has 1 amide bonds. The SMILES string of the molecule is CC(C)c1ccc(-c2cc(NC(=O)C3(c4ccc5c(c4)OCO5)CC3)ccc2OC(F)(F)F)cc1. The number of nitrogens with one attached hydrogen (secondary N) is 1. The van der Waals surface area contributed by atoms with Crippen LogP contribution in [0, 0.1) is 0 Å². The van der Waals surface area contributed by atoms with Crippen LogP contribution in [0.15, 0.2) is 60.7 Å². The second-order valence-corrected chi connectivity index (χ2v) is 9.14. The molecule has 1 aliphatic carbocycles. The highest BCUT2D eigenvalue weighted by Crippen LogP contribution is 2.51. The third-order valence-corrected chi connectivity index (χ3v) is 6.46. The maximum Gasteiger partial charge on any atom is 0.573 e. The maximum absolute atomic E-state index is 13.3. The Balaban J connectivity index is 1.44. The van der Waals surface area contributed by atoms with Crippen LogP contribution in [-0.4, -0.2) is 19.1 Å². The van der Waals surface area contributed by atoms with E-state index in [1.165, 1.54) is 18.2 Å². The minimum Gasteiger partial charge on any atom is -0.454 e. The average molecular weight is 483 g/mol. The average Bonchev–Trinajstić information content (AvgIpc) is 3.50. The number of fused-ring (bicyclic) bond motifs is 1. The van der Waals surface area contributed by atoms with Crippen molar-refractivity contribution in [2.75, 3.05) is 12.1 Å². The lowest BCUT2D eigenvalue weighted by Crippen LogP contribution is -2.27. The summed E-state index contributed by atoms with van der Waals surface area (Å²) in [5, 5.41) is 2.89. The number of anilines is 1. The summed E-state index contributed by atoms with van der Waals surface area (Å²) in [5.41, 5.74) is 2.36. The van der Waals surface area contributed by atoms with Crippen LogP contribution in [-0.2, 0) is 10.2 Å². The largest absolute Gasteiger partial charge is 0.573 e. The molecule has 0 unspecified atom stereocenters. The minimum absolute atomic E-state index is 0.144. The summed E-state index contributed by atoms with van der Waals surface area (Å²) in [6.45, 7) is 4.22. The normalized spacial score (nSPS) is 15.7. The summed E-state index contributed by atoms with van der Waals surface area (Å²) in [7, 11) is 0. The van der Waals surface area contributed by atoms with Crippen molar-refractivity contribution in [3.63, 3.8) is 0 Å². The van der Waals surface area contributed by atoms with Gasteiger partial charge in [0.1, 0.15) is 5.75 Å². The van der Waals surface area contributed by atoms with E-state index in [0.717, 1.165) is 11.1 Å². The number of carbonyl (C=O) groups is 1. The van der Waals surface area contributed by atoms with E-state index < -0.39 is 11.8 Å². The molecule has 3 aromatic carbocycles. The van der Waals surface area contributed by atoms with Crippen LogP contribution in [0.1, 0.15) is 43.7 Å². The van der Waals surface area contributed by atoms with Gasteiger partial charge in [0.2, 0.25) is 12.7 Å². The fourth-order valence-corrected chi connectivity index (χ4v) is 4.31. The van der Waals surface area contributed by atoms with E-state index in [1.807, 2.05) is 38.1 Å². The molecule has 0 spiro atoms. The number of ether oxygens (including phenoxy) is 3. The molecule has 0 aromatic heterocycles. The predicted octanol–water partition coefficient (Wildman–Crippen LogP) is 6.77. The van der Waals surface area contributed by atoms with Crippen molar-refractivity contribution in [3.05, 3.63) is 71.8 Å². The van der Waals surface area contributed by atoms with Gasteiger partial charge in [0.15, 0.2) is 11.5 Å². The zero-order chi connectivity index (χ0) is 24.8. The molecule has 0 bridgehead atoms. The Morgan fingerprint density at radius 2 is 1.69 bits per heavy atom. The molecule has 5 rings (SSSR count). The first-order chi connectivity index (χ1) is 16.6. The van der Waals surface area contributed by atoms with Gasteiger partial charge in [-0.2, -0.15) is 0 Å². The third-order valence-electron chi connectivity index (χ3n) is 6.46. The summed E-state index contributed by atoms with van der Waals surface area (Å²) in [6.07, 6.45) is -3.51. The Morgan fingerprint density at radius 1 is 0.971 bits per heavy atom. The highest BCUT2D eigenvalue weighted by atomic mass is 19.4. The second kappa shape index (κ2) is 8.52. The van der Waals surface area contributed by atoms with Gasteiger partial charge >= 0.3 is 6.36 Å². The molecule has 5 nitrogen and oxygen atoms in total. The van der Waals surface area contributed by atoms with Gasteiger partial charge in [-0.05, 0) is 65.8 Å². The summed E-state index contributed by atoms with van der Waals surface area (Å²) in [4.78, 5) is 13.3. The third kappa shape index (κ3) is 4.65. The maximum atomic E-state index is 13.3. The smallest absolute Gasteiger partial charge is 0.454 e. The van der Waals surface area contributed by atoms with Gasteiger partial charge in [-0.3, -0.25) is 4.79 Å². The molecule has 1 N–H and O–H groups in total. The number of rotatable bonds is 6. The van der Waals surface area contributed by atoms with Crippen molar-refractivity contribution < 1.29 is 32.2 Å². The molecule has 3 aromatic rings. The molecule has 0 atom stereocenters. The van der Waals surface area contributed by atoms with Crippen LogP contribution in [0.3, 0.4) is 0 Å². The van der Waals surface area contributed by atoms with E-state index >= 15 is 0 Å². The molecule has 2 aliphatic rings. The van der Waals surface area contributed by atoms with Crippen LogP contribution in [0.4, 0.5) is 18.9 Å². The Kier molecular flexibility index (Phi) is 5.62. The van der Waals surface area contributed by atoms with E-state index in [1.54, 1.807) is 18.2 Å². The number of alkyl halides is 3. The lowest BCUT2D eigenvalue weighted by molar-refractivity contribution is -0.274. The fraction of sp³-hybridized carbons (Fsp3) is 0.296. The number of halogens is 3. The Bertz CT molecular complexity index is 1260.